The monoisotopic (exact) mass is 572 g/mol. The summed E-state index contributed by atoms with van der Waals surface area (Å²) < 4.78 is 11.7. The highest BCUT2D eigenvalue weighted by atomic mass is 32.2. The van der Waals surface area contributed by atoms with E-state index in [4.69, 9.17) is 15.2 Å². The lowest BCUT2D eigenvalue weighted by Crippen LogP contribution is -2.44. The molecule has 2 heterocycles. The predicted molar refractivity (Wildman–Crippen MR) is 166 cm³/mol. The van der Waals surface area contributed by atoms with Crippen LogP contribution >= 0.6 is 11.8 Å². The Balaban J connectivity index is 1.09. The lowest BCUT2D eigenvalue weighted by atomic mass is 10.2. The van der Waals surface area contributed by atoms with Crippen molar-refractivity contribution in [3.8, 4) is 17.2 Å². The maximum absolute atomic E-state index is 13.1. The van der Waals surface area contributed by atoms with E-state index >= 15 is 0 Å². The molecule has 0 bridgehead atoms. The molecule has 3 aromatic rings. The maximum Gasteiger partial charge on any atom is 0.298 e. The van der Waals surface area contributed by atoms with E-state index in [9.17, 15) is 9.59 Å². The summed E-state index contributed by atoms with van der Waals surface area (Å²) in [6, 6.07) is 21.6. The number of amides is 2. The van der Waals surface area contributed by atoms with Gasteiger partial charge in [0.25, 0.3) is 11.1 Å². The molecule has 5 rings (SSSR count). The molecule has 2 fully saturated rings. The zero-order chi connectivity index (χ0) is 28.6. The molecule has 2 amide bonds. The molecule has 0 unspecified atom stereocenters. The van der Waals surface area contributed by atoms with E-state index in [1.165, 1.54) is 11.3 Å². The Labute approximate surface area is 245 Å². The first-order chi connectivity index (χ1) is 19.9. The second-order valence-corrected chi connectivity index (χ2v) is 11.3. The lowest BCUT2D eigenvalue weighted by molar-refractivity contribution is -0.113. The highest BCUT2D eigenvalue weighted by Crippen LogP contribution is 2.36. The van der Waals surface area contributed by atoms with E-state index in [1.54, 1.807) is 42.5 Å². The first-order valence-electron chi connectivity index (χ1n) is 14.0. The normalized spacial score (nSPS) is 17.4. The maximum atomic E-state index is 13.1. The Morgan fingerprint density at radius 1 is 0.805 bits per heavy atom. The van der Waals surface area contributed by atoms with Crippen LogP contribution in [-0.4, -0.2) is 67.3 Å². The molecule has 2 N–H and O–H groups in total. The summed E-state index contributed by atoms with van der Waals surface area (Å²) in [7, 11) is 2.18. The quantitative estimate of drug-likeness (QED) is 0.168. The Kier molecular flexibility index (Phi) is 9.61. The van der Waals surface area contributed by atoms with Crippen molar-refractivity contribution in [1.29, 1.82) is 0 Å². The van der Waals surface area contributed by atoms with Gasteiger partial charge in [-0.05, 0) is 117 Å². The summed E-state index contributed by atoms with van der Waals surface area (Å²) in [5, 5.41) is -0.321. The fraction of sp³-hybridized carbons (Fsp3) is 0.312. The van der Waals surface area contributed by atoms with Crippen LogP contribution in [0.15, 0.2) is 77.7 Å². The Morgan fingerprint density at radius 3 is 2.12 bits per heavy atom. The molecule has 0 aromatic heterocycles. The van der Waals surface area contributed by atoms with Crippen molar-refractivity contribution in [2.24, 2.45) is 0 Å². The van der Waals surface area contributed by atoms with Crippen molar-refractivity contribution in [2.75, 3.05) is 57.0 Å². The predicted octanol–water partition coefficient (Wildman–Crippen LogP) is 6.10. The second kappa shape index (κ2) is 13.7. The summed E-state index contributed by atoms with van der Waals surface area (Å²) in [6.07, 6.45) is 5.03. The average Bonchev–Trinajstić information content (AvgIpc) is 3.26. The number of likely N-dealkylation sites (N-methyl/N-ethyl adjacent to an activating group) is 1. The van der Waals surface area contributed by atoms with Crippen LogP contribution in [0.1, 0.15) is 24.8 Å². The van der Waals surface area contributed by atoms with Crippen LogP contribution in [-0.2, 0) is 4.79 Å². The summed E-state index contributed by atoms with van der Waals surface area (Å²) in [4.78, 5) is 32.3. The van der Waals surface area contributed by atoms with Gasteiger partial charge >= 0.3 is 0 Å². The molecular weight excluding hydrogens is 536 g/mol. The van der Waals surface area contributed by atoms with Crippen LogP contribution in [0, 0.1) is 0 Å². The molecular formula is C32H36N4O4S. The smallest absolute Gasteiger partial charge is 0.298 e. The van der Waals surface area contributed by atoms with Crippen LogP contribution in [0.2, 0.25) is 0 Å². The number of rotatable bonds is 11. The molecule has 0 aliphatic carbocycles. The van der Waals surface area contributed by atoms with Crippen molar-refractivity contribution < 1.29 is 19.1 Å². The molecule has 214 valence electrons. The SMILES string of the molecule is CN1CCN(CCCCCOc2ccc(N3C(=O)S/C(=C\c4ccc(Oc5ccc(N)cc5)cc4)C3=O)cc2)CC1. The number of ether oxygens (including phenoxy) is 2. The highest BCUT2D eigenvalue weighted by Gasteiger charge is 2.36. The second-order valence-electron chi connectivity index (χ2n) is 10.3. The number of anilines is 2. The molecule has 8 nitrogen and oxygen atoms in total. The standard InChI is InChI=1S/C32H36N4O4S/c1-34-18-20-35(21-19-34)17-3-2-4-22-39-27-15-9-26(10-16-27)36-31(37)30(41-32(36)38)23-24-5-11-28(12-6-24)40-29-13-7-25(33)8-14-29/h5-16,23H,2-4,17-22,33H2,1H3/b30-23-. The third-order valence-electron chi connectivity index (χ3n) is 7.17. The van der Waals surface area contributed by atoms with Crippen LogP contribution in [0.25, 0.3) is 6.08 Å². The van der Waals surface area contributed by atoms with Crippen molar-refractivity contribution in [3.63, 3.8) is 0 Å². The van der Waals surface area contributed by atoms with E-state index in [0.717, 1.165) is 68.6 Å². The van der Waals surface area contributed by atoms with Crippen LogP contribution < -0.4 is 20.1 Å². The molecule has 0 spiro atoms. The number of hydrogen-bond acceptors (Lipinski definition) is 8. The van der Waals surface area contributed by atoms with Crippen molar-refractivity contribution in [2.45, 2.75) is 19.3 Å². The van der Waals surface area contributed by atoms with Gasteiger partial charge in [0, 0.05) is 31.9 Å². The first kappa shape index (κ1) is 28.7. The van der Waals surface area contributed by atoms with Gasteiger partial charge in [-0.1, -0.05) is 12.1 Å². The number of nitrogens with two attached hydrogens (primary N) is 1. The summed E-state index contributed by atoms with van der Waals surface area (Å²) in [5.74, 6) is 1.74. The summed E-state index contributed by atoms with van der Waals surface area (Å²) in [5.41, 5.74) is 7.72. The van der Waals surface area contributed by atoms with Gasteiger partial charge in [0.1, 0.15) is 17.2 Å². The number of carbonyl (C=O) groups excluding carboxylic acids is 2. The molecule has 3 aromatic carbocycles. The third kappa shape index (κ3) is 7.91. The number of imide groups is 1. The largest absolute Gasteiger partial charge is 0.494 e. The first-order valence-corrected chi connectivity index (χ1v) is 14.8. The van der Waals surface area contributed by atoms with Gasteiger partial charge in [0.2, 0.25) is 0 Å². The Hall–Kier alpha value is -3.79. The van der Waals surface area contributed by atoms with E-state index in [-0.39, 0.29) is 11.1 Å². The van der Waals surface area contributed by atoms with E-state index in [0.29, 0.717) is 34.4 Å². The fourth-order valence-corrected chi connectivity index (χ4v) is 5.55. The Morgan fingerprint density at radius 2 is 1.44 bits per heavy atom. The number of benzene rings is 3. The molecule has 0 atom stereocenters. The molecule has 41 heavy (non-hydrogen) atoms. The van der Waals surface area contributed by atoms with Crippen molar-refractivity contribution in [3.05, 3.63) is 83.3 Å². The number of hydrogen-bond donors (Lipinski definition) is 1. The number of piperazine rings is 1. The Bertz CT molecular complexity index is 1350. The van der Waals surface area contributed by atoms with Crippen LogP contribution in [0.5, 0.6) is 17.2 Å². The highest BCUT2D eigenvalue weighted by molar-refractivity contribution is 8.19. The van der Waals surface area contributed by atoms with Gasteiger partial charge in [-0.3, -0.25) is 9.59 Å². The topological polar surface area (TPSA) is 88.3 Å². The van der Waals surface area contributed by atoms with E-state index in [2.05, 4.69) is 16.8 Å². The summed E-state index contributed by atoms with van der Waals surface area (Å²) >= 11 is 0.934. The average molecular weight is 573 g/mol. The number of unbranched alkanes of at least 4 members (excludes halogenated alkanes) is 2. The summed E-state index contributed by atoms with van der Waals surface area (Å²) in [6.45, 7) is 6.42. The van der Waals surface area contributed by atoms with Crippen molar-refractivity contribution in [1.82, 2.24) is 9.80 Å². The molecule has 0 radical (unpaired) electrons. The van der Waals surface area contributed by atoms with E-state index < -0.39 is 0 Å². The minimum atomic E-state index is -0.337. The van der Waals surface area contributed by atoms with Gasteiger partial charge in [-0.15, -0.1) is 0 Å². The third-order valence-corrected chi connectivity index (χ3v) is 8.04. The van der Waals surface area contributed by atoms with Crippen molar-refractivity contribution >= 4 is 40.4 Å². The number of nitrogens with zero attached hydrogens (tertiary/aromatic N) is 3. The molecule has 9 heteroatoms. The minimum absolute atomic E-state index is 0.321. The van der Waals surface area contributed by atoms with Crippen LogP contribution in [0.4, 0.5) is 16.2 Å². The van der Waals surface area contributed by atoms with Crippen LogP contribution in [0.3, 0.4) is 0 Å². The van der Waals surface area contributed by atoms with Gasteiger partial charge < -0.3 is 25.0 Å². The zero-order valence-electron chi connectivity index (χ0n) is 23.3. The van der Waals surface area contributed by atoms with Gasteiger partial charge in [0.05, 0.1) is 17.2 Å². The number of carbonyl (C=O) groups is 2. The molecule has 2 aliphatic heterocycles. The zero-order valence-corrected chi connectivity index (χ0v) is 24.1. The molecule has 0 saturated carbocycles. The van der Waals surface area contributed by atoms with Gasteiger partial charge in [0.15, 0.2) is 0 Å². The molecule has 2 saturated heterocycles. The number of thioether (sulfide) groups is 1. The molecule has 2 aliphatic rings. The minimum Gasteiger partial charge on any atom is -0.494 e. The van der Waals surface area contributed by atoms with Gasteiger partial charge in [-0.25, -0.2) is 4.90 Å². The van der Waals surface area contributed by atoms with Gasteiger partial charge in [-0.2, -0.15) is 0 Å². The fourth-order valence-electron chi connectivity index (χ4n) is 4.71. The number of nitrogen functional groups attached to an aromatic ring is 1. The van der Waals surface area contributed by atoms with E-state index in [1.807, 2.05) is 36.4 Å². The lowest BCUT2D eigenvalue weighted by Gasteiger charge is -2.32.